The van der Waals surface area contributed by atoms with E-state index in [1.165, 1.54) is 36.1 Å². The Hall–Kier alpha value is -0.690. The molecule has 1 aliphatic rings. The normalized spacial score (nSPS) is 19.5. The first-order valence-electron chi connectivity index (χ1n) is 5.73. The van der Waals surface area contributed by atoms with Gasteiger partial charge in [-0.25, -0.2) is 0 Å². The lowest BCUT2D eigenvalue weighted by Gasteiger charge is -2.27. The van der Waals surface area contributed by atoms with Crippen LogP contribution in [0.15, 0.2) is 12.1 Å². The third-order valence-corrected chi connectivity index (χ3v) is 3.37. The second-order valence-electron chi connectivity index (χ2n) is 4.50. The highest BCUT2D eigenvalue weighted by Crippen LogP contribution is 2.32. The highest BCUT2D eigenvalue weighted by atomic mass is 35.5. The highest BCUT2D eigenvalue weighted by molar-refractivity contribution is 6.30. The van der Waals surface area contributed by atoms with Crippen molar-refractivity contribution in [2.45, 2.75) is 33.1 Å². The van der Waals surface area contributed by atoms with Gasteiger partial charge in [-0.15, -0.1) is 0 Å². The van der Waals surface area contributed by atoms with Crippen molar-refractivity contribution in [1.29, 1.82) is 0 Å². The maximum atomic E-state index is 6.08. The van der Waals surface area contributed by atoms with Gasteiger partial charge in [-0.3, -0.25) is 0 Å². The van der Waals surface area contributed by atoms with E-state index < -0.39 is 0 Å². The van der Waals surface area contributed by atoms with Crippen molar-refractivity contribution in [2.75, 3.05) is 11.9 Å². The van der Waals surface area contributed by atoms with Gasteiger partial charge >= 0.3 is 0 Å². The van der Waals surface area contributed by atoms with Gasteiger partial charge in [0.05, 0.1) is 0 Å². The summed E-state index contributed by atoms with van der Waals surface area (Å²) in [6, 6.07) is 4.15. The number of hydrogen-bond acceptors (Lipinski definition) is 1. The fourth-order valence-corrected chi connectivity index (χ4v) is 2.76. The fraction of sp³-hybridized carbons (Fsp3) is 0.538. The van der Waals surface area contributed by atoms with Crippen molar-refractivity contribution in [3.63, 3.8) is 0 Å². The molecule has 0 aromatic heterocycles. The number of rotatable bonds is 2. The summed E-state index contributed by atoms with van der Waals surface area (Å²) < 4.78 is 0. The molecule has 1 heterocycles. The molecule has 0 aliphatic carbocycles. The SMILES string of the molecule is CCCC1CNc2c(C)cc(Cl)cc2C1. The molecule has 1 N–H and O–H groups in total. The third-order valence-electron chi connectivity index (χ3n) is 3.15. The molecule has 82 valence electrons. The van der Waals surface area contributed by atoms with E-state index in [1.807, 2.05) is 6.07 Å². The first kappa shape index (κ1) is 10.8. The summed E-state index contributed by atoms with van der Waals surface area (Å²) in [5, 5.41) is 4.40. The molecule has 0 bridgehead atoms. The van der Waals surface area contributed by atoms with Crippen LogP contribution in [0.2, 0.25) is 5.02 Å². The van der Waals surface area contributed by atoms with Gasteiger partial charge < -0.3 is 5.32 Å². The Morgan fingerprint density at radius 3 is 3.00 bits per heavy atom. The minimum atomic E-state index is 0.778. The monoisotopic (exact) mass is 223 g/mol. The van der Waals surface area contributed by atoms with E-state index in [1.54, 1.807) is 0 Å². The Morgan fingerprint density at radius 2 is 2.27 bits per heavy atom. The van der Waals surface area contributed by atoms with E-state index in [0.29, 0.717) is 0 Å². The van der Waals surface area contributed by atoms with Crippen molar-refractivity contribution in [3.05, 3.63) is 28.3 Å². The van der Waals surface area contributed by atoms with Gasteiger partial charge in [0.25, 0.3) is 0 Å². The lowest BCUT2D eigenvalue weighted by Crippen LogP contribution is -2.23. The average molecular weight is 224 g/mol. The van der Waals surface area contributed by atoms with Crippen LogP contribution in [-0.4, -0.2) is 6.54 Å². The molecule has 0 saturated carbocycles. The van der Waals surface area contributed by atoms with Crippen molar-refractivity contribution in [3.8, 4) is 0 Å². The molecule has 0 fully saturated rings. The number of benzene rings is 1. The van der Waals surface area contributed by atoms with Crippen LogP contribution in [0.4, 0.5) is 5.69 Å². The molecule has 0 radical (unpaired) electrons. The minimum Gasteiger partial charge on any atom is -0.384 e. The van der Waals surface area contributed by atoms with Crippen LogP contribution in [0.5, 0.6) is 0 Å². The largest absolute Gasteiger partial charge is 0.384 e. The Balaban J connectivity index is 2.25. The quantitative estimate of drug-likeness (QED) is 0.798. The fourth-order valence-electron chi connectivity index (χ4n) is 2.47. The van der Waals surface area contributed by atoms with Crippen molar-refractivity contribution in [2.24, 2.45) is 5.92 Å². The van der Waals surface area contributed by atoms with Crippen LogP contribution in [0.1, 0.15) is 30.9 Å². The van der Waals surface area contributed by atoms with Crippen LogP contribution in [-0.2, 0) is 6.42 Å². The molecule has 1 aromatic rings. The van der Waals surface area contributed by atoms with E-state index in [0.717, 1.165) is 17.5 Å². The van der Waals surface area contributed by atoms with E-state index in [9.17, 15) is 0 Å². The number of nitrogens with one attached hydrogen (secondary N) is 1. The molecule has 1 unspecified atom stereocenters. The van der Waals surface area contributed by atoms with Crippen LogP contribution >= 0.6 is 11.6 Å². The Bertz CT molecular complexity index is 360. The molecule has 1 aromatic carbocycles. The second kappa shape index (κ2) is 4.44. The maximum absolute atomic E-state index is 6.08. The molecule has 1 aliphatic heterocycles. The highest BCUT2D eigenvalue weighted by Gasteiger charge is 2.19. The Labute approximate surface area is 96.8 Å². The second-order valence-corrected chi connectivity index (χ2v) is 4.93. The number of aryl methyl sites for hydroxylation is 1. The molecule has 15 heavy (non-hydrogen) atoms. The van der Waals surface area contributed by atoms with Crippen LogP contribution in [0.3, 0.4) is 0 Å². The van der Waals surface area contributed by atoms with Gasteiger partial charge in [-0.05, 0) is 48.9 Å². The summed E-state index contributed by atoms with van der Waals surface area (Å²) in [7, 11) is 0. The van der Waals surface area contributed by atoms with Crippen LogP contribution < -0.4 is 5.32 Å². The van der Waals surface area contributed by atoms with Gasteiger partial charge in [-0.1, -0.05) is 24.9 Å². The topological polar surface area (TPSA) is 12.0 Å². The summed E-state index contributed by atoms with van der Waals surface area (Å²) in [6.45, 7) is 5.49. The molecule has 0 saturated heterocycles. The van der Waals surface area contributed by atoms with Crippen molar-refractivity contribution < 1.29 is 0 Å². The zero-order valence-corrected chi connectivity index (χ0v) is 10.2. The van der Waals surface area contributed by atoms with Gasteiger partial charge in [0.1, 0.15) is 0 Å². The molecule has 2 rings (SSSR count). The van der Waals surface area contributed by atoms with Gasteiger partial charge in [0.15, 0.2) is 0 Å². The predicted octanol–water partition coefficient (Wildman–Crippen LogP) is 4.03. The zero-order valence-electron chi connectivity index (χ0n) is 9.44. The molecule has 0 spiro atoms. The van der Waals surface area contributed by atoms with Crippen molar-refractivity contribution in [1.82, 2.24) is 0 Å². The lowest BCUT2D eigenvalue weighted by molar-refractivity contribution is 0.489. The van der Waals surface area contributed by atoms with E-state index >= 15 is 0 Å². The number of hydrogen-bond donors (Lipinski definition) is 1. The average Bonchev–Trinajstić information content (AvgIpc) is 2.17. The number of halogens is 1. The Kier molecular flexibility index (Phi) is 3.20. The summed E-state index contributed by atoms with van der Waals surface area (Å²) in [5.41, 5.74) is 3.98. The molecular formula is C13H18ClN. The standard InChI is InChI=1S/C13H18ClN/c1-3-4-10-6-11-7-12(14)5-9(2)13(11)15-8-10/h5,7,10,15H,3-4,6,8H2,1-2H3. The molecular weight excluding hydrogens is 206 g/mol. The predicted molar refractivity (Wildman–Crippen MR) is 66.8 cm³/mol. The van der Waals surface area contributed by atoms with Crippen molar-refractivity contribution >= 4 is 17.3 Å². The van der Waals surface area contributed by atoms with Crippen LogP contribution in [0, 0.1) is 12.8 Å². The van der Waals surface area contributed by atoms with E-state index in [-0.39, 0.29) is 0 Å². The smallest absolute Gasteiger partial charge is 0.0412 e. The molecule has 0 amide bonds. The third kappa shape index (κ3) is 2.28. The summed E-state index contributed by atoms with van der Waals surface area (Å²) >= 11 is 6.08. The minimum absolute atomic E-state index is 0.778. The van der Waals surface area contributed by atoms with Gasteiger partial charge in [0.2, 0.25) is 0 Å². The first-order valence-corrected chi connectivity index (χ1v) is 6.11. The molecule has 1 nitrogen and oxygen atoms in total. The number of fused-ring (bicyclic) bond motifs is 1. The summed E-state index contributed by atoms with van der Waals surface area (Å²) in [5.74, 6) is 0.778. The van der Waals surface area contributed by atoms with E-state index in [2.05, 4.69) is 25.2 Å². The van der Waals surface area contributed by atoms with Gasteiger partial charge in [0, 0.05) is 17.3 Å². The Morgan fingerprint density at radius 1 is 1.47 bits per heavy atom. The van der Waals surface area contributed by atoms with E-state index in [4.69, 9.17) is 11.6 Å². The summed E-state index contributed by atoms with van der Waals surface area (Å²) in [4.78, 5) is 0. The number of anilines is 1. The molecule has 2 heteroatoms. The van der Waals surface area contributed by atoms with Crippen LogP contribution in [0.25, 0.3) is 0 Å². The maximum Gasteiger partial charge on any atom is 0.0412 e. The summed E-state index contributed by atoms with van der Waals surface area (Å²) in [6.07, 6.45) is 3.75. The molecule has 1 atom stereocenters. The van der Waals surface area contributed by atoms with Gasteiger partial charge in [-0.2, -0.15) is 0 Å². The lowest BCUT2D eigenvalue weighted by atomic mass is 9.89. The zero-order chi connectivity index (χ0) is 10.8. The first-order chi connectivity index (χ1) is 7.20.